The third-order valence-electron chi connectivity index (χ3n) is 7.08. The second-order valence-corrected chi connectivity index (χ2v) is 9.33. The van der Waals surface area contributed by atoms with E-state index in [0.29, 0.717) is 35.2 Å². The molecular weight excluding hydrogens is 497 g/mol. The minimum absolute atomic E-state index is 0.596. The number of ether oxygens (including phenoxy) is 3. The molecule has 206 valence electrons. The highest BCUT2D eigenvalue weighted by molar-refractivity contribution is 5.58. The molecule has 0 atom stereocenters. The Balaban J connectivity index is 1.43. The first-order valence-electron chi connectivity index (χ1n) is 12.7. The molecule has 1 saturated heterocycles. The van der Waals surface area contributed by atoms with E-state index in [0.717, 1.165) is 68.4 Å². The fourth-order valence-electron chi connectivity index (χ4n) is 5.02. The zero-order chi connectivity index (χ0) is 27.4. The van der Waals surface area contributed by atoms with Gasteiger partial charge in [0.05, 0.1) is 38.3 Å². The van der Waals surface area contributed by atoms with Gasteiger partial charge in [0.15, 0.2) is 11.5 Å². The molecule has 7 nitrogen and oxygen atoms in total. The summed E-state index contributed by atoms with van der Waals surface area (Å²) in [6.45, 7) is 9.72. The lowest BCUT2D eigenvalue weighted by Gasteiger charge is -2.35. The van der Waals surface area contributed by atoms with Crippen molar-refractivity contribution in [2.24, 2.45) is 0 Å². The van der Waals surface area contributed by atoms with Gasteiger partial charge >= 0.3 is 6.18 Å². The Labute approximate surface area is 221 Å². The predicted molar refractivity (Wildman–Crippen MR) is 140 cm³/mol. The van der Waals surface area contributed by atoms with Crippen LogP contribution >= 0.6 is 0 Å². The Morgan fingerprint density at radius 1 is 0.816 bits per heavy atom. The number of hydrogen-bond donors (Lipinski definition) is 0. The second-order valence-electron chi connectivity index (χ2n) is 9.33. The van der Waals surface area contributed by atoms with Gasteiger partial charge in [0.2, 0.25) is 5.75 Å². The van der Waals surface area contributed by atoms with Gasteiger partial charge in [0, 0.05) is 56.9 Å². The van der Waals surface area contributed by atoms with Crippen LogP contribution in [0.5, 0.6) is 17.2 Å². The molecule has 38 heavy (non-hydrogen) atoms. The van der Waals surface area contributed by atoms with E-state index in [4.69, 9.17) is 19.2 Å². The number of aryl methyl sites for hydroxylation is 1. The standard InChI is InChI=1S/C28H35F3N4O3/c1-6-35-23(19(2)32-27(35)20-7-10-22(11-8-20)28(29,30)31)18-34-15-13-33(14-16-34)17-21-9-12-24(36-3)26(38-5)25(21)37-4/h7-12H,6,13-18H2,1-5H3. The maximum Gasteiger partial charge on any atom is 0.416 e. The number of aromatic nitrogens is 2. The molecule has 2 aromatic carbocycles. The van der Waals surface area contributed by atoms with Gasteiger partial charge in [-0.15, -0.1) is 0 Å². The quantitative estimate of drug-likeness (QED) is 0.376. The third-order valence-corrected chi connectivity index (χ3v) is 7.08. The maximum absolute atomic E-state index is 13.0. The van der Waals surface area contributed by atoms with Crippen molar-refractivity contribution in [3.05, 3.63) is 58.9 Å². The number of methoxy groups -OCH3 is 3. The Morgan fingerprint density at radius 3 is 1.95 bits per heavy atom. The Kier molecular flexibility index (Phi) is 8.52. The van der Waals surface area contributed by atoms with E-state index in [-0.39, 0.29) is 0 Å². The molecule has 10 heteroatoms. The average molecular weight is 533 g/mol. The molecule has 0 aliphatic carbocycles. The van der Waals surface area contributed by atoms with E-state index in [1.807, 2.05) is 26.0 Å². The number of rotatable bonds is 9. The zero-order valence-electron chi connectivity index (χ0n) is 22.6. The lowest BCUT2D eigenvalue weighted by molar-refractivity contribution is -0.137. The van der Waals surface area contributed by atoms with Crippen LogP contribution in [0.25, 0.3) is 11.4 Å². The molecule has 0 amide bonds. The first-order chi connectivity index (χ1) is 18.2. The summed E-state index contributed by atoms with van der Waals surface area (Å²) >= 11 is 0. The van der Waals surface area contributed by atoms with Gasteiger partial charge in [0.1, 0.15) is 5.82 Å². The zero-order valence-corrected chi connectivity index (χ0v) is 22.6. The average Bonchev–Trinajstić information content (AvgIpc) is 3.23. The Morgan fingerprint density at radius 2 is 1.42 bits per heavy atom. The summed E-state index contributed by atoms with van der Waals surface area (Å²) < 4.78 is 57.7. The number of alkyl halides is 3. The molecule has 0 radical (unpaired) electrons. The van der Waals surface area contributed by atoms with E-state index in [1.165, 1.54) is 12.1 Å². The molecule has 0 bridgehead atoms. The summed E-state index contributed by atoms with van der Waals surface area (Å²) in [6, 6.07) is 9.15. The highest BCUT2D eigenvalue weighted by atomic mass is 19.4. The summed E-state index contributed by atoms with van der Waals surface area (Å²) in [4.78, 5) is 9.52. The van der Waals surface area contributed by atoms with Crippen molar-refractivity contribution in [3.8, 4) is 28.6 Å². The van der Waals surface area contributed by atoms with Crippen molar-refractivity contribution in [2.75, 3.05) is 47.5 Å². The molecule has 0 unspecified atom stereocenters. The molecule has 0 N–H and O–H groups in total. The van der Waals surface area contributed by atoms with Crippen molar-refractivity contribution in [1.82, 2.24) is 19.4 Å². The fraction of sp³-hybridized carbons (Fsp3) is 0.464. The first-order valence-corrected chi connectivity index (χ1v) is 12.7. The molecule has 3 aromatic rings. The molecule has 0 spiro atoms. The van der Waals surface area contributed by atoms with Gasteiger partial charge in [-0.05, 0) is 32.0 Å². The molecule has 1 fully saturated rings. The third kappa shape index (κ3) is 5.76. The number of piperazine rings is 1. The molecule has 2 heterocycles. The van der Waals surface area contributed by atoms with Crippen LogP contribution in [0.1, 0.15) is 29.4 Å². The van der Waals surface area contributed by atoms with Crippen LogP contribution in [-0.4, -0.2) is 66.9 Å². The minimum Gasteiger partial charge on any atom is -0.493 e. The van der Waals surface area contributed by atoms with Crippen LogP contribution in [0.2, 0.25) is 0 Å². The van der Waals surface area contributed by atoms with E-state index >= 15 is 0 Å². The lowest BCUT2D eigenvalue weighted by Crippen LogP contribution is -2.45. The smallest absolute Gasteiger partial charge is 0.416 e. The van der Waals surface area contributed by atoms with Crippen molar-refractivity contribution in [3.63, 3.8) is 0 Å². The van der Waals surface area contributed by atoms with Crippen LogP contribution in [0.4, 0.5) is 13.2 Å². The van der Waals surface area contributed by atoms with Gasteiger partial charge in [0.25, 0.3) is 0 Å². The molecule has 1 aromatic heterocycles. The Bertz CT molecular complexity index is 1230. The van der Waals surface area contributed by atoms with E-state index in [9.17, 15) is 13.2 Å². The Hall–Kier alpha value is -3.24. The minimum atomic E-state index is -4.35. The highest BCUT2D eigenvalue weighted by Crippen LogP contribution is 2.40. The number of halogens is 3. The van der Waals surface area contributed by atoms with E-state index in [2.05, 4.69) is 14.4 Å². The van der Waals surface area contributed by atoms with Crippen molar-refractivity contribution < 1.29 is 27.4 Å². The summed E-state index contributed by atoms with van der Waals surface area (Å²) in [6.07, 6.45) is -4.35. The summed E-state index contributed by atoms with van der Waals surface area (Å²) in [7, 11) is 4.85. The molecular formula is C28H35F3N4O3. The SMILES string of the molecule is CCn1c(-c2ccc(C(F)(F)F)cc2)nc(C)c1CN1CCN(Cc2ccc(OC)c(OC)c2OC)CC1. The van der Waals surface area contributed by atoms with Crippen LogP contribution in [0, 0.1) is 6.92 Å². The number of imidazole rings is 1. The first kappa shape index (κ1) is 27.8. The fourth-order valence-corrected chi connectivity index (χ4v) is 5.02. The highest BCUT2D eigenvalue weighted by Gasteiger charge is 2.30. The summed E-state index contributed by atoms with van der Waals surface area (Å²) in [5.74, 6) is 2.62. The van der Waals surface area contributed by atoms with Crippen LogP contribution in [-0.2, 0) is 25.8 Å². The molecule has 4 rings (SSSR count). The molecule has 1 aliphatic rings. The second kappa shape index (κ2) is 11.7. The lowest BCUT2D eigenvalue weighted by atomic mass is 10.1. The van der Waals surface area contributed by atoms with Crippen molar-refractivity contribution >= 4 is 0 Å². The van der Waals surface area contributed by atoms with Gasteiger partial charge < -0.3 is 18.8 Å². The van der Waals surface area contributed by atoms with Crippen LogP contribution in [0.15, 0.2) is 36.4 Å². The van der Waals surface area contributed by atoms with Gasteiger partial charge in [-0.2, -0.15) is 13.2 Å². The normalized spacial score (nSPS) is 15.1. The predicted octanol–water partition coefficient (Wildman–Crippen LogP) is 5.24. The molecule has 1 aliphatic heterocycles. The summed E-state index contributed by atoms with van der Waals surface area (Å²) in [5, 5.41) is 0. The van der Waals surface area contributed by atoms with E-state index < -0.39 is 11.7 Å². The monoisotopic (exact) mass is 532 g/mol. The number of nitrogens with zero attached hydrogens (tertiary/aromatic N) is 4. The largest absolute Gasteiger partial charge is 0.493 e. The topological polar surface area (TPSA) is 52.0 Å². The van der Waals surface area contributed by atoms with Gasteiger partial charge in [-0.25, -0.2) is 4.98 Å². The number of hydrogen-bond acceptors (Lipinski definition) is 6. The van der Waals surface area contributed by atoms with Crippen LogP contribution < -0.4 is 14.2 Å². The maximum atomic E-state index is 13.0. The van der Waals surface area contributed by atoms with E-state index in [1.54, 1.807) is 21.3 Å². The van der Waals surface area contributed by atoms with Crippen LogP contribution in [0.3, 0.4) is 0 Å². The molecule has 0 saturated carbocycles. The van der Waals surface area contributed by atoms with Gasteiger partial charge in [-0.3, -0.25) is 9.80 Å². The van der Waals surface area contributed by atoms with Crippen molar-refractivity contribution in [2.45, 2.75) is 39.7 Å². The summed E-state index contributed by atoms with van der Waals surface area (Å²) in [5.41, 5.74) is 3.07. The van der Waals surface area contributed by atoms with Gasteiger partial charge in [-0.1, -0.05) is 18.2 Å². The van der Waals surface area contributed by atoms with Crippen molar-refractivity contribution in [1.29, 1.82) is 0 Å². The number of benzene rings is 2.